The van der Waals surface area contributed by atoms with Gasteiger partial charge in [-0.2, -0.15) is 0 Å². The monoisotopic (exact) mass is 255 g/mol. The maximum atomic E-state index is 13.6. The van der Waals surface area contributed by atoms with Crippen molar-refractivity contribution in [3.8, 4) is 22.9 Å². The van der Waals surface area contributed by atoms with Crippen LogP contribution < -0.4 is 5.73 Å². The van der Waals surface area contributed by atoms with Gasteiger partial charge in [-0.15, -0.1) is 10.2 Å². The fourth-order valence-electron chi connectivity index (χ4n) is 1.76. The lowest BCUT2D eigenvalue weighted by molar-refractivity contribution is 0.570. The summed E-state index contributed by atoms with van der Waals surface area (Å²) >= 11 is 0. The van der Waals surface area contributed by atoms with Crippen LogP contribution in [-0.4, -0.2) is 10.2 Å². The normalized spacial score (nSPS) is 10.6. The number of aromatic nitrogens is 2. The highest BCUT2D eigenvalue weighted by Gasteiger charge is 2.13. The molecule has 1 aromatic heterocycles. The topological polar surface area (TPSA) is 64.9 Å². The van der Waals surface area contributed by atoms with Gasteiger partial charge in [-0.1, -0.05) is 18.2 Å². The molecule has 0 radical (unpaired) electrons. The minimum atomic E-state index is -0.398. The van der Waals surface area contributed by atoms with Crippen LogP contribution >= 0.6 is 0 Å². The Labute approximate surface area is 108 Å². The molecule has 19 heavy (non-hydrogen) atoms. The summed E-state index contributed by atoms with van der Waals surface area (Å²) < 4.78 is 19.1. The molecule has 0 amide bonds. The Morgan fingerprint density at radius 1 is 0.947 bits per heavy atom. The molecule has 2 aromatic carbocycles. The highest BCUT2D eigenvalue weighted by atomic mass is 19.1. The smallest absolute Gasteiger partial charge is 0.251 e. The van der Waals surface area contributed by atoms with Crippen molar-refractivity contribution >= 4 is 5.69 Å². The minimum Gasteiger partial charge on any atom is -0.416 e. The SMILES string of the molecule is Nc1cccc(-c2nnc(-c3ccccc3F)o2)c1. The van der Waals surface area contributed by atoms with Gasteiger partial charge in [-0.05, 0) is 30.3 Å². The molecule has 0 atom stereocenters. The Morgan fingerprint density at radius 2 is 1.74 bits per heavy atom. The number of hydrogen-bond acceptors (Lipinski definition) is 4. The van der Waals surface area contributed by atoms with Crippen molar-refractivity contribution in [2.24, 2.45) is 0 Å². The average molecular weight is 255 g/mol. The molecule has 5 heteroatoms. The lowest BCUT2D eigenvalue weighted by atomic mass is 10.2. The van der Waals surface area contributed by atoms with E-state index in [1.165, 1.54) is 6.07 Å². The number of nitrogens with zero attached hydrogens (tertiary/aromatic N) is 2. The summed E-state index contributed by atoms with van der Waals surface area (Å²) in [5.74, 6) is 0.0614. The van der Waals surface area contributed by atoms with E-state index in [1.54, 1.807) is 42.5 Å². The van der Waals surface area contributed by atoms with Crippen LogP contribution in [0.4, 0.5) is 10.1 Å². The molecule has 1 heterocycles. The molecular formula is C14H10FN3O. The van der Waals surface area contributed by atoms with Gasteiger partial charge in [0.15, 0.2) is 0 Å². The number of hydrogen-bond donors (Lipinski definition) is 1. The van der Waals surface area contributed by atoms with Crippen molar-refractivity contribution in [1.82, 2.24) is 10.2 Å². The highest BCUT2D eigenvalue weighted by molar-refractivity contribution is 5.61. The van der Waals surface area contributed by atoms with Gasteiger partial charge < -0.3 is 10.2 Å². The van der Waals surface area contributed by atoms with Gasteiger partial charge in [0.1, 0.15) is 5.82 Å². The van der Waals surface area contributed by atoms with Crippen molar-refractivity contribution in [2.75, 3.05) is 5.73 Å². The van der Waals surface area contributed by atoms with Gasteiger partial charge in [-0.25, -0.2) is 4.39 Å². The number of benzene rings is 2. The van der Waals surface area contributed by atoms with Crippen molar-refractivity contribution in [3.05, 3.63) is 54.3 Å². The van der Waals surface area contributed by atoms with Gasteiger partial charge >= 0.3 is 0 Å². The van der Waals surface area contributed by atoms with Crippen molar-refractivity contribution < 1.29 is 8.81 Å². The maximum absolute atomic E-state index is 13.6. The molecule has 0 saturated carbocycles. The number of anilines is 1. The number of rotatable bonds is 2. The maximum Gasteiger partial charge on any atom is 0.251 e. The van der Waals surface area contributed by atoms with Crippen LogP contribution in [0.1, 0.15) is 0 Å². The zero-order valence-corrected chi connectivity index (χ0v) is 9.88. The van der Waals surface area contributed by atoms with Gasteiger partial charge in [0.25, 0.3) is 5.89 Å². The van der Waals surface area contributed by atoms with E-state index < -0.39 is 5.82 Å². The third-order valence-electron chi connectivity index (χ3n) is 2.66. The second-order valence-electron chi connectivity index (χ2n) is 4.02. The summed E-state index contributed by atoms with van der Waals surface area (Å²) in [5, 5.41) is 7.76. The molecule has 3 aromatic rings. The molecule has 2 N–H and O–H groups in total. The summed E-state index contributed by atoms with van der Waals surface area (Å²) in [4.78, 5) is 0. The van der Waals surface area contributed by atoms with Crippen molar-refractivity contribution in [3.63, 3.8) is 0 Å². The molecule has 4 nitrogen and oxygen atoms in total. The fourth-order valence-corrected chi connectivity index (χ4v) is 1.76. The molecule has 0 aliphatic rings. The van der Waals surface area contributed by atoms with E-state index in [0.717, 1.165) is 0 Å². The van der Waals surface area contributed by atoms with Gasteiger partial charge in [0.2, 0.25) is 5.89 Å². The summed E-state index contributed by atoms with van der Waals surface area (Å²) in [6.45, 7) is 0. The molecule has 0 spiro atoms. The van der Waals surface area contributed by atoms with Gasteiger partial charge in [0.05, 0.1) is 5.56 Å². The second-order valence-corrected chi connectivity index (χ2v) is 4.02. The molecular weight excluding hydrogens is 245 g/mol. The molecule has 0 bridgehead atoms. The molecule has 0 unspecified atom stereocenters. The van der Waals surface area contributed by atoms with E-state index in [-0.39, 0.29) is 11.5 Å². The Kier molecular flexibility index (Phi) is 2.72. The van der Waals surface area contributed by atoms with Crippen LogP contribution in [0.5, 0.6) is 0 Å². The zero-order valence-electron chi connectivity index (χ0n) is 9.88. The summed E-state index contributed by atoms with van der Waals surface area (Å²) in [7, 11) is 0. The predicted octanol–water partition coefficient (Wildman–Crippen LogP) is 3.12. The number of nitrogens with two attached hydrogens (primary N) is 1. The standard InChI is InChI=1S/C14H10FN3O/c15-12-7-2-1-6-11(12)14-18-17-13(19-14)9-4-3-5-10(16)8-9/h1-8H,16H2. The molecule has 3 rings (SSSR count). The number of halogens is 1. The average Bonchev–Trinajstić information content (AvgIpc) is 2.89. The summed E-state index contributed by atoms with van der Waals surface area (Å²) in [5.41, 5.74) is 7.27. The lowest BCUT2D eigenvalue weighted by Crippen LogP contribution is -1.84. The van der Waals surface area contributed by atoms with E-state index in [0.29, 0.717) is 17.1 Å². The van der Waals surface area contributed by atoms with Crippen LogP contribution in [-0.2, 0) is 0 Å². The molecule has 0 saturated heterocycles. The predicted molar refractivity (Wildman–Crippen MR) is 69.5 cm³/mol. The largest absolute Gasteiger partial charge is 0.416 e. The van der Waals surface area contributed by atoms with Crippen LogP contribution in [0.3, 0.4) is 0 Å². The van der Waals surface area contributed by atoms with E-state index in [4.69, 9.17) is 10.2 Å². The van der Waals surface area contributed by atoms with E-state index in [1.807, 2.05) is 0 Å². The Morgan fingerprint density at radius 3 is 2.53 bits per heavy atom. The molecule has 94 valence electrons. The van der Waals surface area contributed by atoms with E-state index >= 15 is 0 Å². The van der Waals surface area contributed by atoms with Gasteiger partial charge in [0, 0.05) is 11.3 Å². The summed E-state index contributed by atoms with van der Waals surface area (Å²) in [6, 6.07) is 13.3. The zero-order chi connectivity index (χ0) is 13.2. The highest BCUT2D eigenvalue weighted by Crippen LogP contribution is 2.26. The van der Waals surface area contributed by atoms with Crippen LogP contribution in [0.25, 0.3) is 22.9 Å². The Hall–Kier alpha value is -2.69. The van der Waals surface area contributed by atoms with Crippen LogP contribution in [0.2, 0.25) is 0 Å². The third-order valence-corrected chi connectivity index (χ3v) is 2.66. The van der Waals surface area contributed by atoms with E-state index in [9.17, 15) is 4.39 Å². The van der Waals surface area contributed by atoms with Crippen LogP contribution in [0, 0.1) is 5.82 Å². The first-order valence-electron chi connectivity index (χ1n) is 5.68. The number of nitrogen functional groups attached to an aromatic ring is 1. The molecule has 0 aliphatic carbocycles. The Balaban J connectivity index is 2.03. The van der Waals surface area contributed by atoms with Crippen molar-refractivity contribution in [2.45, 2.75) is 0 Å². The lowest BCUT2D eigenvalue weighted by Gasteiger charge is -1.97. The molecule has 0 aliphatic heterocycles. The first kappa shape index (κ1) is 11.4. The second kappa shape index (κ2) is 4.53. The van der Waals surface area contributed by atoms with Crippen LogP contribution in [0.15, 0.2) is 52.9 Å². The fraction of sp³-hybridized carbons (Fsp3) is 0. The molecule has 0 fully saturated rings. The Bertz CT molecular complexity index is 724. The quantitative estimate of drug-likeness (QED) is 0.714. The summed E-state index contributed by atoms with van der Waals surface area (Å²) in [6.07, 6.45) is 0. The van der Waals surface area contributed by atoms with E-state index in [2.05, 4.69) is 10.2 Å². The van der Waals surface area contributed by atoms with Gasteiger partial charge in [-0.3, -0.25) is 0 Å². The first-order chi connectivity index (χ1) is 9.24. The first-order valence-corrected chi connectivity index (χ1v) is 5.68. The third kappa shape index (κ3) is 2.18. The van der Waals surface area contributed by atoms with Crippen molar-refractivity contribution in [1.29, 1.82) is 0 Å². The minimum absolute atomic E-state index is 0.149.